The highest BCUT2D eigenvalue weighted by molar-refractivity contribution is 6.19. The summed E-state index contributed by atoms with van der Waals surface area (Å²) in [7, 11) is 2.88. The van der Waals surface area contributed by atoms with E-state index in [1.54, 1.807) is 34.7 Å². The number of amides is 1. The number of hydrogen-bond donors (Lipinski definition) is 2. The van der Waals surface area contributed by atoms with Crippen LogP contribution in [0.1, 0.15) is 38.1 Å². The number of alkyl halides is 3. The number of nitrogens with one attached hydrogen (secondary N) is 2. The van der Waals surface area contributed by atoms with E-state index in [1.165, 1.54) is 41.2 Å². The number of nitrogens with zero attached hydrogens (tertiary/aromatic N) is 5. The van der Waals surface area contributed by atoms with Crippen molar-refractivity contribution in [1.29, 1.82) is 0 Å². The first kappa shape index (κ1) is 35.5. The van der Waals surface area contributed by atoms with Gasteiger partial charge in [-0.1, -0.05) is 0 Å². The van der Waals surface area contributed by atoms with Gasteiger partial charge >= 0.3 is 18.2 Å². The number of anilines is 2. The van der Waals surface area contributed by atoms with Gasteiger partial charge in [0.1, 0.15) is 28.5 Å². The second kappa shape index (κ2) is 12.8. The van der Waals surface area contributed by atoms with Crippen LogP contribution >= 0.6 is 0 Å². The summed E-state index contributed by atoms with van der Waals surface area (Å²) < 4.78 is 85.7. The molecule has 1 aliphatic rings. The van der Waals surface area contributed by atoms with Crippen molar-refractivity contribution in [2.24, 2.45) is 7.05 Å². The van der Waals surface area contributed by atoms with Crippen LogP contribution in [0, 0.1) is 11.6 Å². The molecule has 5 heterocycles. The van der Waals surface area contributed by atoms with Crippen molar-refractivity contribution in [3.05, 3.63) is 58.1 Å². The van der Waals surface area contributed by atoms with Gasteiger partial charge in [-0.05, 0) is 33.8 Å². The van der Waals surface area contributed by atoms with Crippen LogP contribution in [0.4, 0.5) is 38.1 Å². The van der Waals surface area contributed by atoms with Crippen LogP contribution in [0.5, 0.6) is 0 Å². The summed E-state index contributed by atoms with van der Waals surface area (Å²) >= 11 is 0. The van der Waals surface area contributed by atoms with Crippen molar-refractivity contribution in [1.82, 2.24) is 24.8 Å². The van der Waals surface area contributed by atoms with Gasteiger partial charge in [-0.25, -0.2) is 28.3 Å². The maximum Gasteiger partial charge on any atom is 0.414 e. The predicted molar refractivity (Wildman–Crippen MR) is 180 cm³/mol. The molecule has 1 saturated heterocycles. The van der Waals surface area contributed by atoms with Gasteiger partial charge in [0, 0.05) is 69.5 Å². The number of piperazine rings is 1. The number of rotatable bonds is 5. The van der Waals surface area contributed by atoms with Crippen LogP contribution < -0.4 is 20.5 Å². The Morgan fingerprint density at radius 1 is 1.10 bits per heavy atom. The summed E-state index contributed by atoms with van der Waals surface area (Å²) in [5.41, 5.74) is -1.46. The van der Waals surface area contributed by atoms with Gasteiger partial charge in [0.05, 0.1) is 39.7 Å². The van der Waals surface area contributed by atoms with Gasteiger partial charge in [-0.3, -0.25) is 9.69 Å². The Morgan fingerprint density at radius 3 is 2.49 bits per heavy atom. The highest BCUT2D eigenvalue weighted by Crippen LogP contribution is 2.44. The maximum atomic E-state index is 16.0. The van der Waals surface area contributed by atoms with Crippen LogP contribution in [0.3, 0.4) is 0 Å². The first-order chi connectivity index (χ1) is 23.9. The second-order valence-electron chi connectivity index (χ2n) is 13.1. The number of carbonyl (C=O) groups is 2. The maximum absolute atomic E-state index is 16.0. The molecule has 17 heteroatoms. The third-order valence-corrected chi connectivity index (χ3v) is 8.48. The standard InChI is InChI=1S/C34H34F5N7O5/c1-7-50-31(48)19-14-44(5)30-17(28(19)47)10-16(12-42-30)18-13-41-29-24(27(18)46-9-8-40-22(15-46)34(37,38)39)23-25(36)20(35)11-21(26(23)43-29)45(6)32(49)51-33(2,3)4/h10-14,22,40H,7-9,15H2,1-6H3,(H,41,43)/t22-/m1/s1. The number of aromatic amines is 1. The fraction of sp³-hybridized carbons (Fsp3) is 0.382. The quantitative estimate of drug-likeness (QED) is 0.171. The second-order valence-corrected chi connectivity index (χ2v) is 13.1. The van der Waals surface area contributed by atoms with Crippen molar-refractivity contribution in [2.45, 2.75) is 45.5 Å². The SMILES string of the molecule is CCOC(=O)c1cn(C)c2ncc(-c3cnc4[nH]c5c(N(C)C(=O)OC(C)(C)C)cc(F)c(F)c5c4c3N3CCN[C@@H](C(F)(F)F)C3)cc2c1=O. The first-order valence-corrected chi connectivity index (χ1v) is 15.9. The number of halogens is 5. The van der Waals surface area contributed by atoms with Gasteiger partial charge in [0.2, 0.25) is 5.43 Å². The number of benzene rings is 1. The lowest BCUT2D eigenvalue weighted by Crippen LogP contribution is -2.57. The van der Waals surface area contributed by atoms with E-state index in [1.807, 2.05) is 0 Å². The van der Waals surface area contributed by atoms with Crippen molar-refractivity contribution in [2.75, 3.05) is 43.1 Å². The lowest BCUT2D eigenvalue weighted by Gasteiger charge is -2.37. The van der Waals surface area contributed by atoms with Crippen LogP contribution in [0.25, 0.3) is 44.1 Å². The third-order valence-electron chi connectivity index (χ3n) is 8.48. The third kappa shape index (κ3) is 6.41. The average Bonchev–Trinajstić information content (AvgIpc) is 3.46. The van der Waals surface area contributed by atoms with Crippen LogP contribution in [-0.2, 0) is 16.5 Å². The van der Waals surface area contributed by atoms with E-state index in [0.29, 0.717) is 0 Å². The average molecular weight is 716 g/mol. The number of carbonyl (C=O) groups excluding carboxylic acids is 2. The zero-order valence-corrected chi connectivity index (χ0v) is 28.5. The fourth-order valence-electron chi connectivity index (χ4n) is 6.20. The molecule has 1 amide bonds. The molecule has 0 aliphatic carbocycles. The Hall–Kier alpha value is -5.32. The molecule has 1 atom stereocenters. The van der Waals surface area contributed by atoms with Crippen molar-refractivity contribution < 1.29 is 41.0 Å². The molecule has 270 valence electrons. The van der Waals surface area contributed by atoms with Crippen molar-refractivity contribution in [3.8, 4) is 11.1 Å². The minimum atomic E-state index is -4.65. The van der Waals surface area contributed by atoms with E-state index in [-0.39, 0.29) is 80.7 Å². The smallest absolute Gasteiger partial charge is 0.414 e. The highest BCUT2D eigenvalue weighted by atomic mass is 19.4. The minimum absolute atomic E-state index is 0.00231. The van der Waals surface area contributed by atoms with Crippen LogP contribution in [-0.4, -0.2) is 82.7 Å². The molecule has 0 unspecified atom stereocenters. The van der Waals surface area contributed by atoms with Gasteiger partial charge in [-0.15, -0.1) is 0 Å². The number of pyridine rings is 3. The number of fused-ring (bicyclic) bond motifs is 4. The molecule has 1 aliphatic heterocycles. The molecular weight excluding hydrogens is 681 g/mol. The summed E-state index contributed by atoms with van der Waals surface area (Å²) in [6, 6.07) is 0.250. The summed E-state index contributed by atoms with van der Waals surface area (Å²) in [6.45, 7) is 5.81. The predicted octanol–water partition coefficient (Wildman–Crippen LogP) is 5.80. The number of H-pyrrole nitrogens is 1. The molecule has 1 aromatic carbocycles. The van der Waals surface area contributed by atoms with E-state index in [4.69, 9.17) is 9.47 Å². The summed E-state index contributed by atoms with van der Waals surface area (Å²) in [5.74, 6) is -3.51. The zero-order chi connectivity index (χ0) is 37.2. The summed E-state index contributed by atoms with van der Waals surface area (Å²) in [6.07, 6.45) is -1.53. The lowest BCUT2D eigenvalue weighted by molar-refractivity contribution is -0.155. The highest BCUT2D eigenvalue weighted by Gasteiger charge is 2.43. The topological polar surface area (TPSA) is 135 Å². The largest absolute Gasteiger partial charge is 0.462 e. The molecule has 2 N–H and O–H groups in total. The molecule has 0 spiro atoms. The number of esters is 1. The normalized spacial score (nSPS) is 15.5. The molecular formula is C34H34F5N7O5. The van der Waals surface area contributed by atoms with Crippen molar-refractivity contribution in [3.63, 3.8) is 0 Å². The molecule has 0 radical (unpaired) electrons. The van der Waals surface area contributed by atoms with Crippen molar-refractivity contribution >= 4 is 56.4 Å². The van der Waals surface area contributed by atoms with Gasteiger partial charge < -0.3 is 29.2 Å². The Balaban J connectivity index is 1.66. The van der Waals surface area contributed by atoms with E-state index < -0.39 is 53.5 Å². The summed E-state index contributed by atoms with van der Waals surface area (Å²) in [5, 5.41) is 2.03. The molecule has 51 heavy (non-hydrogen) atoms. The van der Waals surface area contributed by atoms with Crippen LogP contribution in [0.2, 0.25) is 0 Å². The molecule has 0 saturated carbocycles. The first-order valence-electron chi connectivity index (χ1n) is 15.9. The van der Waals surface area contributed by atoms with E-state index >= 15 is 8.78 Å². The van der Waals surface area contributed by atoms with Gasteiger partial charge in [0.25, 0.3) is 0 Å². The monoisotopic (exact) mass is 715 g/mol. The van der Waals surface area contributed by atoms with E-state index in [9.17, 15) is 27.6 Å². The number of aryl methyl sites for hydroxylation is 1. The van der Waals surface area contributed by atoms with E-state index in [0.717, 1.165) is 11.0 Å². The molecule has 1 fully saturated rings. The molecule has 6 rings (SSSR count). The minimum Gasteiger partial charge on any atom is -0.462 e. The fourth-order valence-corrected chi connectivity index (χ4v) is 6.20. The van der Waals surface area contributed by atoms with Crippen LogP contribution in [0.15, 0.2) is 35.5 Å². The Labute approximate surface area is 287 Å². The number of ether oxygens (including phenoxy) is 2. The molecule has 4 aromatic heterocycles. The Kier molecular flexibility index (Phi) is 8.90. The summed E-state index contributed by atoms with van der Waals surface area (Å²) in [4.78, 5) is 53.4. The Bertz CT molecular complexity index is 2280. The Morgan fingerprint density at radius 2 is 1.82 bits per heavy atom. The van der Waals surface area contributed by atoms with Gasteiger partial charge in [-0.2, -0.15) is 13.2 Å². The van der Waals surface area contributed by atoms with Gasteiger partial charge in [0.15, 0.2) is 11.6 Å². The number of hydrogen-bond acceptors (Lipinski definition) is 9. The molecule has 0 bridgehead atoms. The number of aromatic nitrogens is 4. The zero-order valence-electron chi connectivity index (χ0n) is 28.5. The van der Waals surface area contributed by atoms with E-state index in [2.05, 4.69) is 20.3 Å². The lowest BCUT2D eigenvalue weighted by atomic mass is 10.00. The molecule has 12 nitrogen and oxygen atoms in total. The molecule has 5 aromatic rings.